The fraction of sp³-hybridized carbons (Fsp3) is 0.174. The number of halogens is 2. The highest BCUT2D eigenvalue weighted by Gasteiger charge is 2.14. The number of anilines is 3. The third-order valence-corrected chi connectivity index (χ3v) is 5.94. The van der Waals surface area contributed by atoms with Crippen LogP contribution in [0.3, 0.4) is 0 Å². The molecule has 0 atom stereocenters. The number of nitrogens with zero attached hydrogens (tertiary/aromatic N) is 4. The molecule has 2 aromatic heterocycles. The van der Waals surface area contributed by atoms with Crippen molar-refractivity contribution in [3.05, 3.63) is 81.3 Å². The van der Waals surface area contributed by atoms with Crippen LogP contribution in [0.1, 0.15) is 0 Å². The second-order valence-electron chi connectivity index (χ2n) is 7.32. The molecule has 1 saturated heterocycles. The molecule has 5 rings (SSSR count). The first-order valence-electron chi connectivity index (χ1n) is 10.1. The van der Waals surface area contributed by atoms with Crippen LogP contribution >= 0.6 is 23.2 Å². The number of ether oxygens (including phenoxy) is 1. The van der Waals surface area contributed by atoms with Crippen molar-refractivity contribution in [3.63, 3.8) is 0 Å². The second kappa shape index (κ2) is 8.78. The first-order valence-corrected chi connectivity index (χ1v) is 10.9. The van der Waals surface area contributed by atoms with Gasteiger partial charge in [0.15, 0.2) is 0 Å². The Morgan fingerprint density at radius 1 is 0.969 bits per heavy atom. The maximum Gasteiger partial charge on any atom is 0.266 e. The molecule has 0 unspecified atom stereocenters. The SMILES string of the molecule is O=c1c2cnc(Nc3ccc(N4CCOCC4)cc3)nc2ccn1-c1c(Cl)cccc1Cl. The van der Waals surface area contributed by atoms with Gasteiger partial charge in [-0.05, 0) is 42.5 Å². The van der Waals surface area contributed by atoms with Gasteiger partial charge in [0, 0.05) is 36.9 Å². The summed E-state index contributed by atoms with van der Waals surface area (Å²) in [5, 5.41) is 4.34. The summed E-state index contributed by atoms with van der Waals surface area (Å²) in [4.78, 5) is 24.1. The van der Waals surface area contributed by atoms with Crippen LogP contribution in [-0.2, 0) is 4.74 Å². The molecule has 7 nitrogen and oxygen atoms in total. The molecule has 1 aliphatic rings. The number of aromatic nitrogens is 3. The Morgan fingerprint density at radius 2 is 1.69 bits per heavy atom. The quantitative estimate of drug-likeness (QED) is 0.470. The minimum absolute atomic E-state index is 0.293. The van der Waals surface area contributed by atoms with Crippen molar-refractivity contribution < 1.29 is 4.74 Å². The Labute approximate surface area is 194 Å². The van der Waals surface area contributed by atoms with Crippen molar-refractivity contribution in [2.75, 3.05) is 36.5 Å². The number of rotatable bonds is 4. The molecule has 1 fully saturated rings. The summed E-state index contributed by atoms with van der Waals surface area (Å²) in [6.45, 7) is 3.26. The standard InChI is InChI=1S/C23H19Cl2N5O2/c24-18-2-1-3-19(25)21(18)30-9-8-20-17(22(30)31)14-26-23(28-20)27-15-4-6-16(7-5-15)29-10-12-32-13-11-29/h1-9,14H,10-13H2,(H,26,27,28). The van der Waals surface area contributed by atoms with Gasteiger partial charge in [0.25, 0.3) is 5.56 Å². The van der Waals surface area contributed by atoms with Crippen LogP contribution in [0.25, 0.3) is 16.6 Å². The molecule has 1 aliphatic heterocycles. The maximum absolute atomic E-state index is 13.0. The maximum atomic E-state index is 13.0. The smallest absolute Gasteiger partial charge is 0.266 e. The molecule has 1 N–H and O–H groups in total. The lowest BCUT2D eigenvalue weighted by molar-refractivity contribution is 0.122. The fourth-order valence-electron chi connectivity index (χ4n) is 3.69. The number of fused-ring (bicyclic) bond motifs is 1. The van der Waals surface area contributed by atoms with Crippen molar-refractivity contribution in [1.29, 1.82) is 0 Å². The summed E-state index contributed by atoms with van der Waals surface area (Å²) in [6, 6.07) is 14.9. The highest BCUT2D eigenvalue weighted by Crippen LogP contribution is 2.28. The van der Waals surface area contributed by atoms with E-state index < -0.39 is 0 Å². The molecule has 0 bridgehead atoms. The predicted octanol–water partition coefficient (Wildman–Crippen LogP) is 4.67. The summed E-state index contributed by atoms with van der Waals surface area (Å²) in [7, 11) is 0. The van der Waals surface area contributed by atoms with Crippen LogP contribution < -0.4 is 15.8 Å². The van der Waals surface area contributed by atoms with Gasteiger partial charge in [0.05, 0.1) is 39.8 Å². The molecule has 2 aromatic carbocycles. The zero-order chi connectivity index (χ0) is 22.1. The normalized spacial score (nSPS) is 14.0. The highest BCUT2D eigenvalue weighted by atomic mass is 35.5. The van der Waals surface area contributed by atoms with E-state index in [1.807, 2.05) is 12.1 Å². The molecule has 0 saturated carbocycles. The molecular formula is C23H19Cl2N5O2. The molecule has 0 amide bonds. The molecule has 4 aromatic rings. The van der Waals surface area contributed by atoms with Gasteiger partial charge in [0.2, 0.25) is 5.95 Å². The summed E-state index contributed by atoms with van der Waals surface area (Å²) in [5.74, 6) is 0.407. The zero-order valence-corrected chi connectivity index (χ0v) is 18.5. The van der Waals surface area contributed by atoms with E-state index in [-0.39, 0.29) is 5.56 Å². The third-order valence-electron chi connectivity index (χ3n) is 5.33. The average molecular weight is 468 g/mol. The number of nitrogens with one attached hydrogen (secondary N) is 1. The van der Waals surface area contributed by atoms with Gasteiger partial charge in [0.1, 0.15) is 0 Å². The topological polar surface area (TPSA) is 72.3 Å². The monoisotopic (exact) mass is 467 g/mol. The minimum Gasteiger partial charge on any atom is -0.378 e. The number of pyridine rings is 1. The molecule has 0 aliphatic carbocycles. The number of para-hydroxylation sites is 1. The molecule has 162 valence electrons. The number of hydrogen-bond donors (Lipinski definition) is 1. The summed E-state index contributed by atoms with van der Waals surface area (Å²) in [5.41, 5.74) is 2.68. The summed E-state index contributed by atoms with van der Waals surface area (Å²) in [6.07, 6.45) is 3.13. The van der Waals surface area contributed by atoms with Crippen molar-refractivity contribution in [3.8, 4) is 5.69 Å². The van der Waals surface area contributed by atoms with E-state index >= 15 is 0 Å². The van der Waals surface area contributed by atoms with E-state index in [1.54, 1.807) is 30.5 Å². The van der Waals surface area contributed by atoms with Gasteiger partial charge >= 0.3 is 0 Å². The van der Waals surface area contributed by atoms with E-state index in [4.69, 9.17) is 27.9 Å². The van der Waals surface area contributed by atoms with E-state index in [9.17, 15) is 4.79 Å². The van der Waals surface area contributed by atoms with Crippen LogP contribution in [-0.4, -0.2) is 40.8 Å². The first kappa shape index (κ1) is 20.8. The van der Waals surface area contributed by atoms with E-state index in [1.165, 1.54) is 10.8 Å². The first-order chi connectivity index (χ1) is 15.6. The van der Waals surface area contributed by atoms with Crippen molar-refractivity contribution in [2.45, 2.75) is 0 Å². The van der Waals surface area contributed by atoms with Crippen LogP contribution in [0.15, 0.2) is 65.7 Å². The van der Waals surface area contributed by atoms with Crippen molar-refractivity contribution in [1.82, 2.24) is 14.5 Å². The lowest BCUT2D eigenvalue weighted by Gasteiger charge is -2.28. The zero-order valence-electron chi connectivity index (χ0n) is 17.0. The lowest BCUT2D eigenvalue weighted by atomic mass is 10.2. The van der Waals surface area contributed by atoms with E-state index in [2.05, 4.69) is 32.3 Å². The molecule has 32 heavy (non-hydrogen) atoms. The molecule has 0 radical (unpaired) electrons. The number of hydrogen-bond acceptors (Lipinski definition) is 6. The Morgan fingerprint density at radius 3 is 2.41 bits per heavy atom. The molecule has 9 heteroatoms. The van der Waals surface area contributed by atoms with E-state index in [0.29, 0.717) is 32.6 Å². The van der Waals surface area contributed by atoms with Gasteiger partial charge in [-0.15, -0.1) is 0 Å². The second-order valence-corrected chi connectivity index (χ2v) is 8.14. The summed E-state index contributed by atoms with van der Waals surface area (Å²) < 4.78 is 6.81. The molecule has 3 heterocycles. The Hall–Kier alpha value is -3.13. The van der Waals surface area contributed by atoms with Crippen LogP contribution in [0, 0.1) is 0 Å². The van der Waals surface area contributed by atoms with Crippen molar-refractivity contribution >= 4 is 51.4 Å². The number of morpholine rings is 1. The molecular weight excluding hydrogens is 449 g/mol. The number of benzene rings is 2. The van der Waals surface area contributed by atoms with Gasteiger partial charge in [-0.3, -0.25) is 9.36 Å². The largest absolute Gasteiger partial charge is 0.378 e. The summed E-state index contributed by atoms with van der Waals surface area (Å²) >= 11 is 12.5. The van der Waals surface area contributed by atoms with Crippen LogP contribution in [0.4, 0.5) is 17.3 Å². The van der Waals surface area contributed by atoms with E-state index in [0.717, 1.165) is 37.7 Å². The lowest BCUT2D eigenvalue weighted by Crippen LogP contribution is -2.36. The van der Waals surface area contributed by atoms with Gasteiger partial charge < -0.3 is 15.0 Å². The van der Waals surface area contributed by atoms with Crippen molar-refractivity contribution in [2.24, 2.45) is 0 Å². The predicted molar refractivity (Wildman–Crippen MR) is 128 cm³/mol. The third kappa shape index (κ3) is 4.02. The Kier molecular flexibility index (Phi) is 5.70. The van der Waals surface area contributed by atoms with Gasteiger partial charge in [-0.2, -0.15) is 0 Å². The van der Waals surface area contributed by atoms with Gasteiger partial charge in [-0.1, -0.05) is 29.3 Å². The Balaban J connectivity index is 1.41. The van der Waals surface area contributed by atoms with Crippen LogP contribution in [0.2, 0.25) is 10.0 Å². The molecule has 0 spiro atoms. The van der Waals surface area contributed by atoms with Crippen LogP contribution in [0.5, 0.6) is 0 Å². The minimum atomic E-state index is -0.293. The Bertz CT molecular complexity index is 1310. The highest BCUT2D eigenvalue weighted by molar-refractivity contribution is 6.37. The fourth-order valence-corrected chi connectivity index (χ4v) is 4.27. The average Bonchev–Trinajstić information content (AvgIpc) is 2.81. The van der Waals surface area contributed by atoms with Gasteiger partial charge in [-0.25, -0.2) is 9.97 Å².